The quantitative estimate of drug-likeness (QED) is 0.878. The molecule has 0 saturated carbocycles. The van der Waals surface area contributed by atoms with Crippen LogP contribution in [0, 0.1) is 6.92 Å². The minimum absolute atomic E-state index is 0.174. The predicted molar refractivity (Wildman–Crippen MR) is 76.4 cm³/mol. The Bertz CT molecular complexity index is 567. The van der Waals surface area contributed by atoms with Gasteiger partial charge in [-0.2, -0.15) is 0 Å². The van der Waals surface area contributed by atoms with Crippen LogP contribution in [0.3, 0.4) is 0 Å². The molecule has 0 atom stereocenters. The van der Waals surface area contributed by atoms with Gasteiger partial charge in [0.05, 0.1) is 17.7 Å². The lowest BCUT2D eigenvalue weighted by Crippen LogP contribution is -2.24. The molecule has 2 rings (SSSR count). The van der Waals surface area contributed by atoms with Crippen molar-refractivity contribution >= 4 is 23.1 Å². The van der Waals surface area contributed by atoms with Crippen molar-refractivity contribution < 1.29 is 4.79 Å². The summed E-state index contributed by atoms with van der Waals surface area (Å²) in [6.07, 6.45) is 0. The highest BCUT2D eigenvalue weighted by Gasteiger charge is 2.09. The van der Waals surface area contributed by atoms with Crippen molar-refractivity contribution in [3.05, 3.63) is 40.0 Å². The van der Waals surface area contributed by atoms with Crippen molar-refractivity contribution in [1.82, 2.24) is 15.3 Å². The van der Waals surface area contributed by atoms with Crippen molar-refractivity contribution in [3.8, 4) is 0 Å². The second kappa shape index (κ2) is 6.29. The number of aryl methyl sites for hydroxylation is 1. The summed E-state index contributed by atoms with van der Waals surface area (Å²) >= 11 is 1.54. The maximum absolute atomic E-state index is 12.0. The van der Waals surface area contributed by atoms with Crippen molar-refractivity contribution in [2.75, 3.05) is 11.9 Å². The smallest absolute Gasteiger partial charge is 0.270 e. The molecular formula is C13H16N4OS. The van der Waals surface area contributed by atoms with Gasteiger partial charge in [-0.05, 0) is 26.0 Å². The Hall–Kier alpha value is -1.95. The van der Waals surface area contributed by atoms with Crippen LogP contribution in [0.15, 0.2) is 23.7 Å². The van der Waals surface area contributed by atoms with Crippen LogP contribution in [0.2, 0.25) is 0 Å². The fraction of sp³-hybridized carbons (Fsp3) is 0.308. The Labute approximate surface area is 116 Å². The van der Waals surface area contributed by atoms with Crippen molar-refractivity contribution in [2.24, 2.45) is 0 Å². The summed E-state index contributed by atoms with van der Waals surface area (Å²) in [4.78, 5) is 21.5. The van der Waals surface area contributed by atoms with E-state index in [-0.39, 0.29) is 5.91 Å². The van der Waals surface area contributed by atoms with Crippen LogP contribution in [-0.2, 0) is 6.54 Å². The number of thiazole rings is 1. The van der Waals surface area contributed by atoms with Crippen LogP contribution in [-0.4, -0.2) is 22.4 Å². The Morgan fingerprint density at radius 2 is 2.26 bits per heavy atom. The number of amides is 1. The van der Waals surface area contributed by atoms with Crippen LogP contribution in [0.4, 0.5) is 5.82 Å². The van der Waals surface area contributed by atoms with E-state index in [2.05, 4.69) is 20.6 Å². The molecule has 2 aromatic rings. The molecular weight excluding hydrogens is 260 g/mol. The predicted octanol–water partition coefficient (Wildman–Crippen LogP) is 2.21. The minimum Gasteiger partial charge on any atom is -0.370 e. The number of carbonyl (C=O) groups is 1. The molecule has 2 N–H and O–H groups in total. The van der Waals surface area contributed by atoms with Gasteiger partial charge >= 0.3 is 0 Å². The molecule has 0 radical (unpaired) electrons. The summed E-state index contributed by atoms with van der Waals surface area (Å²) < 4.78 is 0. The number of anilines is 1. The number of carbonyl (C=O) groups excluding carboxylic acids is 1. The van der Waals surface area contributed by atoms with Gasteiger partial charge in [-0.15, -0.1) is 11.3 Å². The average Bonchev–Trinajstić information content (AvgIpc) is 2.82. The van der Waals surface area contributed by atoms with E-state index in [1.54, 1.807) is 11.6 Å². The van der Waals surface area contributed by atoms with E-state index in [9.17, 15) is 4.79 Å². The van der Waals surface area contributed by atoms with Gasteiger partial charge in [0, 0.05) is 11.4 Å². The highest BCUT2D eigenvalue weighted by molar-refractivity contribution is 7.09. The molecule has 0 aromatic carbocycles. The Kier molecular flexibility index (Phi) is 4.46. The van der Waals surface area contributed by atoms with E-state index in [1.807, 2.05) is 26.0 Å². The van der Waals surface area contributed by atoms with Crippen LogP contribution in [0.1, 0.15) is 28.0 Å². The summed E-state index contributed by atoms with van der Waals surface area (Å²) in [5.74, 6) is 0.539. The summed E-state index contributed by atoms with van der Waals surface area (Å²) in [6.45, 7) is 5.18. The van der Waals surface area contributed by atoms with Crippen LogP contribution >= 0.6 is 11.3 Å². The molecule has 0 aliphatic carbocycles. The normalized spacial score (nSPS) is 10.2. The van der Waals surface area contributed by atoms with Crippen LogP contribution in [0.5, 0.6) is 0 Å². The molecule has 0 spiro atoms. The molecule has 2 heterocycles. The summed E-state index contributed by atoms with van der Waals surface area (Å²) in [5, 5.41) is 5.94. The number of aromatic nitrogens is 2. The average molecular weight is 276 g/mol. The molecule has 5 nitrogen and oxygen atoms in total. The second-order valence-electron chi connectivity index (χ2n) is 3.98. The molecule has 6 heteroatoms. The zero-order chi connectivity index (χ0) is 13.7. The van der Waals surface area contributed by atoms with Gasteiger partial charge in [0.2, 0.25) is 0 Å². The first-order valence-corrected chi connectivity index (χ1v) is 6.96. The summed E-state index contributed by atoms with van der Waals surface area (Å²) in [6, 6.07) is 5.36. The third-order valence-electron chi connectivity index (χ3n) is 2.59. The van der Waals surface area contributed by atoms with Crippen molar-refractivity contribution in [3.63, 3.8) is 0 Å². The van der Waals surface area contributed by atoms with Crippen molar-refractivity contribution in [2.45, 2.75) is 20.4 Å². The molecule has 2 aromatic heterocycles. The lowest BCUT2D eigenvalue weighted by Gasteiger charge is -2.06. The number of nitrogens with one attached hydrogen (secondary N) is 2. The van der Waals surface area contributed by atoms with Gasteiger partial charge in [-0.25, -0.2) is 9.97 Å². The fourth-order valence-corrected chi connectivity index (χ4v) is 2.30. The maximum Gasteiger partial charge on any atom is 0.270 e. The molecule has 0 fully saturated rings. The maximum atomic E-state index is 12.0. The van der Waals surface area contributed by atoms with E-state index in [1.165, 1.54) is 11.3 Å². The van der Waals surface area contributed by atoms with Gasteiger partial charge in [-0.1, -0.05) is 6.07 Å². The van der Waals surface area contributed by atoms with Gasteiger partial charge in [-0.3, -0.25) is 4.79 Å². The summed E-state index contributed by atoms with van der Waals surface area (Å²) in [5.41, 5.74) is 3.15. The molecule has 0 saturated heterocycles. The van der Waals surface area contributed by atoms with Crippen LogP contribution in [0.25, 0.3) is 0 Å². The lowest BCUT2D eigenvalue weighted by molar-refractivity contribution is 0.0946. The number of rotatable bonds is 5. The number of pyridine rings is 1. The van der Waals surface area contributed by atoms with E-state index < -0.39 is 0 Å². The topological polar surface area (TPSA) is 66.9 Å². The number of hydrogen-bond acceptors (Lipinski definition) is 5. The van der Waals surface area contributed by atoms with E-state index in [4.69, 9.17) is 0 Å². The first kappa shape index (κ1) is 13.5. The second-order valence-corrected chi connectivity index (χ2v) is 4.92. The van der Waals surface area contributed by atoms with E-state index in [0.717, 1.165) is 17.1 Å². The zero-order valence-electron chi connectivity index (χ0n) is 10.9. The van der Waals surface area contributed by atoms with Gasteiger partial charge in [0.1, 0.15) is 11.5 Å². The molecule has 1 amide bonds. The first-order chi connectivity index (χ1) is 9.20. The molecule has 0 unspecified atom stereocenters. The zero-order valence-corrected chi connectivity index (χ0v) is 11.8. The monoisotopic (exact) mass is 276 g/mol. The molecule has 0 aliphatic heterocycles. The largest absolute Gasteiger partial charge is 0.370 e. The SMILES string of the molecule is CCNc1cccc(C(=O)NCc2scnc2C)n1. The number of nitrogens with zero attached hydrogens (tertiary/aromatic N) is 2. The fourth-order valence-electron chi connectivity index (χ4n) is 1.59. The Morgan fingerprint density at radius 1 is 1.42 bits per heavy atom. The number of hydrogen-bond donors (Lipinski definition) is 2. The highest BCUT2D eigenvalue weighted by atomic mass is 32.1. The third-order valence-corrected chi connectivity index (χ3v) is 3.53. The van der Waals surface area contributed by atoms with Gasteiger partial charge in [0.15, 0.2) is 0 Å². The third kappa shape index (κ3) is 3.51. The first-order valence-electron chi connectivity index (χ1n) is 6.08. The molecule has 100 valence electrons. The molecule has 19 heavy (non-hydrogen) atoms. The highest BCUT2D eigenvalue weighted by Crippen LogP contribution is 2.11. The van der Waals surface area contributed by atoms with Crippen LogP contribution < -0.4 is 10.6 Å². The molecule has 0 bridgehead atoms. The molecule has 0 aliphatic rings. The van der Waals surface area contributed by atoms with E-state index >= 15 is 0 Å². The van der Waals surface area contributed by atoms with Crippen molar-refractivity contribution in [1.29, 1.82) is 0 Å². The summed E-state index contributed by atoms with van der Waals surface area (Å²) in [7, 11) is 0. The van der Waals surface area contributed by atoms with E-state index in [0.29, 0.717) is 18.1 Å². The standard InChI is InChI=1S/C13H16N4OS/c1-3-14-12-6-4-5-10(17-12)13(18)15-7-11-9(2)16-8-19-11/h4-6,8H,3,7H2,1-2H3,(H,14,17)(H,15,18). The van der Waals surface area contributed by atoms with Gasteiger partial charge < -0.3 is 10.6 Å². The van der Waals surface area contributed by atoms with Gasteiger partial charge in [0.25, 0.3) is 5.91 Å². The lowest BCUT2D eigenvalue weighted by atomic mass is 10.3. The Balaban J connectivity index is 2.00. The minimum atomic E-state index is -0.174. The Morgan fingerprint density at radius 3 is 2.95 bits per heavy atom.